The van der Waals surface area contributed by atoms with Gasteiger partial charge in [0, 0.05) is 22.8 Å². The number of nitrogens with zero attached hydrogens (tertiary/aromatic N) is 4. The molecule has 5 aromatic rings. The second-order valence-corrected chi connectivity index (χ2v) is 7.49. The maximum Gasteiger partial charge on any atom is 0.490 e. The van der Waals surface area contributed by atoms with Crippen LogP contribution in [-0.2, 0) is 6.54 Å². The Morgan fingerprint density at radius 3 is 2.52 bits per heavy atom. The van der Waals surface area contributed by atoms with Crippen molar-refractivity contribution in [2.75, 3.05) is 5.32 Å². The molecule has 2 heterocycles. The first-order valence-electron chi connectivity index (χ1n) is 10.2. The largest absolute Gasteiger partial charge is 0.490 e. The van der Waals surface area contributed by atoms with Crippen LogP contribution >= 0.6 is 0 Å². The van der Waals surface area contributed by atoms with Gasteiger partial charge in [-0.2, -0.15) is 14.8 Å². The molecular weight excluding hydrogens is 419 g/mol. The molecule has 0 saturated heterocycles. The lowest BCUT2D eigenvalue weighted by atomic mass is 9.79. The highest BCUT2D eigenvalue weighted by molar-refractivity contribution is 6.61. The summed E-state index contributed by atoms with van der Waals surface area (Å²) in [5.74, 6) is 0.161. The maximum atomic E-state index is 11.8. The molecule has 0 atom stereocenters. The molecule has 0 aliphatic rings. The number of para-hydroxylation sites is 1. The number of carbonyl (C=O) groups is 1. The minimum absolute atomic E-state index is 0.211. The van der Waals surface area contributed by atoms with E-state index in [1.165, 1.54) is 10.9 Å². The van der Waals surface area contributed by atoms with E-state index in [0.29, 0.717) is 39.7 Å². The molecule has 0 spiro atoms. The summed E-state index contributed by atoms with van der Waals surface area (Å²) in [6.07, 6.45) is 1.53. The van der Waals surface area contributed by atoms with Crippen molar-refractivity contribution in [3.8, 4) is 5.95 Å². The molecule has 0 radical (unpaired) electrons. The van der Waals surface area contributed by atoms with E-state index in [9.17, 15) is 14.8 Å². The number of rotatable bonds is 6. The van der Waals surface area contributed by atoms with Gasteiger partial charge >= 0.3 is 7.12 Å². The van der Waals surface area contributed by atoms with Crippen LogP contribution in [-0.4, -0.2) is 42.8 Å². The zero-order valence-electron chi connectivity index (χ0n) is 17.4. The number of nitrogens with one attached hydrogen (secondary N) is 1. The molecule has 0 saturated carbocycles. The van der Waals surface area contributed by atoms with Gasteiger partial charge in [0.15, 0.2) is 0 Å². The fraction of sp³-hybridized carbons (Fsp3) is 0.0435. The molecule has 0 aliphatic carbocycles. The molecule has 3 aromatic carbocycles. The Labute approximate surface area is 188 Å². The van der Waals surface area contributed by atoms with E-state index in [2.05, 4.69) is 20.4 Å². The van der Waals surface area contributed by atoms with Gasteiger partial charge in [-0.3, -0.25) is 4.79 Å². The number of hydrogen-bond donors (Lipinski definition) is 4. The average Bonchev–Trinajstić information content (AvgIpc) is 3.26. The number of amides is 1. The van der Waals surface area contributed by atoms with Gasteiger partial charge in [-0.1, -0.05) is 48.5 Å². The van der Waals surface area contributed by atoms with Crippen molar-refractivity contribution in [2.24, 2.45) is 5.73 Å². The zero-order valence-corrected chi connectivity index (χ0v) is 17.4. The van der Waals surface area contributed by atoms with Crippen molar-refractivity contribution in [1.82, 2.24) is 19.7 Å². The van der Waals surface area contributed by atoms with Crippen LogP contribution in [0.2, 0.25) is 0 Å². The number of primary amides is 1. The van der Waals surface area contributed by atoms with Crippen LogP contribution in [0.25, 0.3) is 27.8 Å². The van der Waals surface area contributed by atoms with Crippen LogP contribution in [0.3, 0.4) is 0 Å². The number of hydrogen-bond acceptors (Lipinski definition) is 7. The van der Waals surface area contributed by atoms with Crippen LogP contribution < -0.4 is 16.5 Å². The second-order valence-electron chi connectivity index (χ2n) is 7.49. The lowest BCUT2D eigenvalue weighted by molar-refractivity contribution is 0.100. The maximum absolute atomic E-state index is 11.8. The van der Waals surface area contributed by atoms with Crippen molar-refractivity contribution < 1.29 is 14.8 Å². The summed E-state index contributed by atoms with van der Waals surface area (Å²) in [5.41, 5.74) is 8.12. The molecule has 1 amide bonds. The molecule has 0 bridgehead atoms. The first-order chi connectivity index (χ1) is 16.0. The topological polar surface area (TPSA) is 139 Å². The predicted octanol–water partition coefficient (Wildman–Crippen LogP) is 1.36. The SMILES string of the molecule is NC(=O)c1cccc2c1cnn2-c1nc(NCc2ccccc2)c2cccc(B(O)O)c2n1. The van der Waals surface area contributed by atoms with Gasteiger partial charge in [-0.05, 0) is 23.8 Å². The lowest BCUT2D eigenvalue weighted by Crippen LogP contribution is -2.31. The fourth-order valence-corrected chi connectivity index (χ4v) is 3.81. The van der Waals surface area contributed by atoms with Gasteiger partial charge in [-0.25, -0.2) is 4.98 Å². The van der Waals surface area contributed by atoms with E-state index >= 15 is 0 Å². The van der Waals surface area contributed by atoms with E-state index in [1.54, 1.807) is 30.3 Å². The summed E-state index contributed by atoms with van der Waals surface area (Å²) in [7, 11) is -1.71. The van der Waals surface area contributed by atoms with Crippen LogP contribution in [0.1, 0.15) is 15.9 Å². The van der Waals surface area contributed by atoms with Gasteiger partial charge in [0.1, 0.15) is 5.82 Å². The van der Waals surface area contributed by atoms with Crippen molar-refractivity contribution in [1.29, 1.82) is 0 Å². The van der Waals surface area contributed by atoms with Gasteiger partial charge < -0.3 is 21.1 Å². The molecular formula is C23H19BN6O3. The quantitative estimate of drug-likeness (QED) is 0.294. The molecule has 2 aromatic heterocycles. The third-order valence-corrected chi connectivity index (χ3v) is 5.40. The Bertz CT molecular complexity index is 1490. The monoisotopic (exact) mass is 438 g/mol. The van der Waals surface area contributed by atoms with Crippen LogP contribution in [0.4, 0.5) is 5.82 Å². The highest BCUT2D eigenvalue weighted by Gasteiger charge is 2.20. The molecule has 162 valence electrons. The number of benzene rings is 3. The number of carbonyl (C=O) groups excluding carboxylic acids is 1. The average molecular weight is 438 g/mol. The Morgan fingerprint density at radius 1 is 0.970 bits per heavy atom. The summed E-state index contributed by atoms with van der Waals surface area (Å²) < 4.78 is 1.50. The summed E-state index contributed by atoms with van der Waals surface area (Å²) in [6, 6.07) is 20.1. The minimum Gasteiger partial charge on any atom is -0.423 e. The standard InChI is InChI=1S/C23H19BN6O3/c25-21(31)15-8-5-11-19-17(15)13-27-30(19)23-28-20-16(9-4-10-18(20)24(32)33)22(29-23)26-12-14-6-2-1-3-7-14/h1-11,13,32-33H,12H2,(H2,25,31)(H,26,28,29). The molecule has 10 heteroatoms. The van der Waals surface area contributed by atoms with Crippen molar-refractivity contribution in [2.45, 2.75) is 6.54 Å². The van der Waals surface area contributed by atoms with Crippen LogP contribution in [0.5, 0.6) is 0 Å². The van der Waals surface area contributed by atoms with Crippen molar-refractivity contribution in [3.63, 3.8) is 0 Å². The number of anilines is 1. The first kappa shape index (κ1) is 20.6. The van der Waals surface area contributed by atoms with E-state index in [0.717, 1.165) is 5.56 Å². The summed E-state index contributed by atoms with van der Waals surface area (Å²) in [4.78, 5) is 21.1. The molecule has 0 fully saturated rings. The van der Waals surface area contributed by atoms with Crippen LogP contribution in [0.15, 0.2) is 72.9 Å². The summed E-state index contributed by atoms with van der Waals surface area (Å²) in [5, 5.41) is 28.7. The lowest BCUT2D eigenvalue weighted by Gasteiger charge is -2.13. The Morgan fingerprint density at radius 2 is 1.76 bits per heavy atom. The normalized spacial score (nSPS) is 11.1. The second kappa shape index (κ2) is 8.34. The molecule has 9 nitrogen and oxygen atoms in total. The Balaban J connectivity index is 1.70. The van der Waals surface area contributed by atoms with E-state index in [4.69, 9.17) is 5.73 Å². The van der Waals surface area contributed by atoms with Gasteiger partial charge in [0.05, 0.1) is 22.8 Å². The Hall–Kier alpha value is -4.28. The fourth-order valence-electron chi connectivity index (χ4n) is 3.81. The Kier molecular flexibility index (Phi) is 5.21. The van der Waals surface area contributed by atoms with Crippen molar-refractivity contribution in [3.05, 3.63) is 84.1 Å². The predicted molar refractivity (Wildman–Crippen MR) is 126 cm³/mol. The summed E-state index contributed by atoms with van der Waals surface area (Å²) >= 11 is 0. The van der Waals surface area contributed by atoms with Gasteiger partial charge in [0.2, 0.25) is 5.91 Å². The molecule has 0 aliphatic heterocycles. The summed E-state index contributed by atoms with van der Waals surface area (Å²) in [6.45, 7) is 0.504. The highest BCUT2D eigenvalue weighted by atomic mass is 16.4. The number of nitrogens with two attached hydrogens (primary N) is 1. The highest BCUT2D eigenvalue weighted by Crippen LogP contribution is 2.25. The van der Waals surface area contributed by atoms with Crippen LogP contribution in [0, 0.1) is 0 Å². The minimum atomic E-state index is -1.71. The third-order valence-electron chi connectivity index (χ3n) is 5.40. The molecule has 5 N–H and O–H groups in total. The molecule has 33 heavy (non-hydrogen) atoms. The van der Waals surface area contributed by atoms with E-state index in [1.807, 2.05) is 36.4 Å². The number of fused-ring (bicyclic) bond motifs is 2. The third kappa shape index (κ3) is 3.77. The van der Waals surface area contributed by atoms with Gasteiger partial charge in [0.25, 0.3) is 5.95 Å². The zero-order chi connectivity index (χ0) is 22.9. The molecule has 0 unspecified atom stereocenters. The van der Waals surface area contributed by atoms with E-state index in [-0.39, 0.29) is 11.4 Å². The van der Waals surface area contributed by atoms with Gasteiger partial charge in [-0.15, -0.1) is 0 Å². The van der Waals surface area contributed by atoms with Crippen molar-refractivity contribution >= 4 is 46.1 Å². The van der Waals surface area contributed by atoms with E-state index < -0.39 is 13.0 Å². The smallest absolute Gasteiger partial charge is 0.423 e. The number of aromatic nitrogens is 4. The molecule has 5 rings (SSSR count). The first-order valence-corrected chi connectivity index (χ1v) is 10.2.